The molecule has 0 aliphatic rings. The fourth-order valence-electron chi connectivity index (χ4n) is 2.65. The van der Waals surface area contributed by atoms with Gasteiger partial charge < -0.3 is 5.32 Å². The molecule has 8 heteroatoms. The van der Waals surface area contributed by atoms with Gasteiger partial charge in [-0.05, 0) is 48.7 Å². The molecular formula is C20H26FN3O3S. The molecule has 0 heterocycles. The maximum atomic E-state index is 13.2. The fraction of sp³-hybridized carbons (Fsp3) is 0.350. The molecule has 0 saturated carbocycles. The van der Waals surface area contributed by atoms with E-state index in [-0.39, 0.29) is 11.7 Å². The van der Waals surface area contributed by atoms with Crippen molar-refractivity contribution in [3.63, 3.8) is 0 Å². The Labute approximate surface area is 166 Å². The van der Waals surface area contributed by atoms with E-state index in [0.717, 1.165) is 32.7 Å². The van der Waals surface area contributed by atoms with E-state index >= 15 is 0 Å². The smallest absolute Gasteiger partial charge is 0.304 e. The standard InChI is InChI=1S/C20H26FN3O3S/c1-5-16-6-8-17(9-7-16)15(2)22-20(25)14-24(28(26,27)23(3)4)19-12-10-18(21)11-13-19/h6-13,15H,5,14H2,1-4H3,(H,22,25)/t15-/m0/s1. The maximum Gasteiger partial charge on any atom is 0.304 e. The van der Waals surface area contributed by atoms with Gasteiger partial charge in [0.05, 0.1) is 11.7 Å². The zero-order chi connectivity index (χ0) is 20.9. The summed E-state index contributed by atoms with van der Waals surface area (Å²) in [5.41, 5.74) is 2.33. The third-order valence-corrected chi connectivity index (χ3v) is 6.23. The van der Waals surface area contributed by atoms with Crippen molar-refractivity contribution >= 4 is 21.8 Å². The highest BCUT2D eigenvalue weighted by atomic mass is 32.2. The van der Waals surface area contributed by atoms with Crippen LogP contribution in [0.15, 0.2) is 48.5 Å². The third kappa shape index (κ3) is 5.30. The average molecular weight is 408 g/mol. The average Bonchev–Trinajstić information content (AvgIpc) is 2.66. The molecule has 2 rings (SSSR count). The van der Waals surface area contributed by atoms with Crippen LogP contribution in [0, 0.1) is 5.82 Å². The molecule has 1 amide bonds. The number of carbonyl (C=O) groups excluding carboxylic acids is 1. The molecule has 1 N–H and O–H groups in total. The molecule has 0 spiro atoms. The van der Waals surface area contributed by atoms with Crippen LogP contribution in [0.2, 0.25) is 0 Å². The summed E-state index contributed by atoms with van der Waals surface area (Å²) in [6, 6.07) is 12.6. The van der Waals surface area contributed by atoms with Crippen LogP contribution in [0.3, 0.4) is 0 Å². The van der Waals surface area contributed by atoms with Gasteiger partial charge in [-0.2, -0.15) is 12.7 Å². The number of carbonyl (C=O) groups is 1. The maximum absolute atomic E-state index is 13.2. The van der Waals surface area contributed by atoms with E-state index < -0.39 is 28.5 Å². The van der Waals surface area contributed by atoms with Crippen molar-refractivity contribution in [1.29, 1.82) is 0 Å². The van der Waals surface area contributed by atoms with Crippen LogP contribution in [0.5, 0.6) is 0 Å². The molecule has 0 fully saturated rings. The van der Waals surface area contributed by atoms with Gasteiger partial charge in [-0.3, -0.25) is 4.79 Å². The Hall–Kier alpha value is -2.45. The Morgan fingerprint density at radius 2 is 1.64 bits per heavy atom. The zero-order valence-corrected chi connectivity index (χ0v) is 17.3. The molecule has 0 aliphatic heterocycles. The summed E-state index contributed by atoms with van der Waals surface area (Å²) < 4.78 is 40.5. The van der Waals surface area contributed by atoms with E-state index in [1.54, 1.807) is 0 Å². The Morgan fingerprint density at radius 1 is 1.07 bits per heavy atom. The molecule has 28 heavy (non-hydrogen) atoms. The lowest BCUT2D eigenvalue weighted by Gasteiger charge is -2.27. The van der Waals surface area contributed by atoms with Crippen molar-refractivity contribution in [1.82, 2.24) is 9.62 Å². The first kappa shape index (κ1) is 21.8. The number of hydrogen-bond donors (Lipinski definition) is 1. The second kappa shape index (κ2) is 9.16. The molecule has 2 aromatic carbocycles. The molecule has 2 aromatic rings. The van der Waals surface area contributed by atoms with Crippen LogP contribution >= 0.6 is 0 Å². The van der Waals surface area contributed by atoms with Gasteiger partial charge in [-0.1, -0.05) is 31.2 Å². The molecule has 0 bridgehead atoms. The SMILES string of the molecule is CCc1ccc([C@H](C)NC(=O)CN(c2ccc(F)cc2)S(=O)(=O)N(C)C)cc1. The van der Waals surface area contributed by atoms with Gasteiger partial charge in [0.25, 0.3) is 0 Å². The highest BCUT2D eigenvalue weighted by Gasteiger charge is 2.27. The summed E-state index contributed by atoms with van der Waals surface area (Å²) >= 11 is 0. The minimum absolute atomic E-state index is 0.213. The summed E-state index contributed by atoms with van der Waals surface area (Å²) in [6.07, 6.45) is 0.927. The molecule has 0 unspecified atom stereocenters. The topological polar surface area (TPSA) is 69.7 Å². The predicted molar refractivity (Wildman–Crippen MR) is 109 cm³/mol. The van der Waals surface area contributed by atoms with Gasteiger partial charge in [-0.15, -0.1) is 0 Å². The van der Waals surface area contributed by atoms with Gasteiger partial charge in [-0.25, -0.2) is 8.70 Å². The lowest BCUT2D eigenvalue weighted by atomic mass is 10.1. The summed E-state index contributed by atoms with van der Waals surface area (Å²) in [5, 5.41) is 2.82. The van der Waals surface area contributed by atoms with E-state index in [1.807, 2.05) is 31.2 Å². The van der Waals surface area contributed by atoms with Gasteiger partial charge in [0, 0.05) is 14.1 Å². The van der Waals surface area contributed by atoms with Gasteiger partial charge in [0.1, 0.15) is 12.4 Å². The van der Waals surface area contributed by atoms with Crippen LogP contribution in [0.4, 0.5) is 10.1 Å². The third-order valence-electron chi connectivity index (χ3n) is 4.41. The summed E-state index contributed by atoms with van der Waals surface area (Å²) in [7, 11) is -1.17. The Kier molecular flexibility index (Phi) is 7.15. The largest absolute Gasteiger partial charge is 0.348 e. The monoisotopic (exact) mass is 407 g/mol. The number of hydrogen-bond acceptors (Lipinski definition) is 3. The molecule has 1 atom stereocenters. The van der Waals surface area contributed by atoms with Crippen LogP contribution in [-0.2, 0) is 21.4 Å². The molecular weight excluding hydrogens is 381 g/mol. The van der Waals surface area contributed by atoms with Gasteiger partial charge in [0.2, 0.25) is 5.91 Å². The van der Waals surface area contributed by atoms with E-state index in [4.69, 9.17) is 0 Å². The van der Waals surface area contributed by atoms with Crippen LogP contribution < -0.4 is 9.62 Å². The van der Waals surface area contributed by atoms with E-state index in [9.17, 15) is 17.6 Å². The van der Waals surface area contributed by atoms with Crippen molar-refractivity contribution in [2.24, 2.45) is 0 Å². The van der Waals surface area contributed by atoms with Crippen LogP contribution in [0.1, 0.15) is 31.0 Å². The molecule has 0 radical (unpaired) electrons. The number of halogens is 1. The lowest BCUT2D eigenvalue weighted by Crippen LogP contribution is -2.46. The first-order valence-electron chi connectivity index (χ1n) is 8.99. The number of amides is 1. The lowest BCUT2D eigenvalue weighted by molar-refractivity contribution is -0.120. The van der Waals surface area contributed by atoms with Crippen molar-refractivity contribution < 1.29 is 17.6 Å². The number of nitrogens with zero attached hydrogens (tertiary/aromatic N) is 2. The molecule has 0 saturated heterocycles. The zero-order valence-electron chi connectivity index (χ0n) is 16.5. The molecule has 6 nitrogen and oxygen atoms in total. The van der Waals surface area contributed by atoms with Crippen LogP contribution in [-0.4, -0.2) is 39.3 Å². The summed E-state index contributed by atoms with van der Waals surface area (Å²) in [4.78, 5) is 12.6. The van der Waals surface area contributed by atoms with Crippen molar-refractivity contribution in [2.45, 2.75) is 26.3 Å². The van der Waals surface area contributed by atoms with E-state index in [1.165, 1.54) is 31.8 Å². The minimum atomic E-state index is -3.93. The van der Waals surface area contributed by atoms with Crippen molar-refractivity contribution in [2.75, 3.05) is 24.9 Å². The number of benzene rings is 2. The number of aryl methyl sites for hydroxylation is 1. The first-order valence-corrected chi connectivity index (χ1v) is 10.4. The summed E-state index contributed by atoms with van der Waals surface area (Å²) in [5.74, 6) is -0.943. The number of rotatable bonds is 8. The highest BCUT2D eigenvalue weighted by molar-refractivity contribution is 7.90. The highest BCUT2D eigenvalue weighted by Crippen LogP contribution is 2.20. The second-order valence-corrected chi connectivity index (χ2v) is 8.72. The van der Waals surface area contributed by atoms with Crippen molar-refractivity contribution in [3.05, 3.63) is 65.5 Å². The molecule has 152 valence electrons. The second-order valence-electron chi connectivity index (χ2n) is 6.66. The van der Waals surface area contributed by atoms with E-state index in [0.29, 0.717) is 0 Å². The van der Waals surface area contributed by atoms with Crippen molar-refractivity contribution in [3.8, 4) is 0 Å². The quantitative estimate of drug-likeness (QED) is 0.732. The van der Waals surface area contributed by atoms with Crippen LogP contribution in [0.25, 0.3) is 0 Å². The van der Waals surface area contributed by atoms with E-state index in [2.05, 4.69) is 12.2 Å². The Balaban J connectivity index is 2.18. The first-order chi connectivity index (χ1) is 13.1. The minimum Gasteiger partial charge on any atom is -0.348 e. The normalized spacial score (nSPS) is 12.6. The fourth-order valence-corrected chi connectivity index (χ4v) is 3.72. The van der Waals surface area contributed by atoms with Gasteiger partial charge >= 0.3 is 10.2 Å². The van der Waals surface area contributed by atoms with Gasteiger partial charge in [0.15, 0.2) is 0 Å². The Morgan fingerprint density at radius 3 is 2.14 bits per heavy atom. The number of nitrogens with one attached hydrogen (secondary N) is 1. The predicted octanol–water partition coefficient (Wildman–Crippen LogP) is 2.88. The number of anilines is 1. The Bertz CT molecular complexity index is 897. The molecule has 0 aliphatic carbocycles. The summed E-state index contributed by atoms with van der Waals surface area (Å²) in [6.45, 7) is 3.49. The molecule has 0 aromatic heterocycles.